The van der Waals surface area contributed by atoms with Crippen LogP contribution in [0.25, 0.3) is 0 Å². The number of allylic oxidation sites excluding steroid dienone is 1. The quantitative estimate of drug-likeness (QED) is 0.792. The minimum Gasteiger partial charge on any atom is -0.396 e. The molecule has 134 valence electrons. The molecule has 0 aromatic heterocycles. The first-order valence-electron chi connectivity index (χ1n) is 10.3. The van der Waals surface area contributed by atoms with Gasteiger partial charge in [0.15, 0.2) is 5.78 Å². The van der Waals surface area contributed by atoms with E-state index in [1.54, 1.807) is 0 Å². The lowest BCUT2D eigenvalue weighted by Gasteiger charge is -2.60. The Morgan fingerprint density at radius 3 is 2.62 bits per heavy atom. The first kappa shape index (κ1) is 16.8. The van der Waals surface area contributed by atoms with Crippen molar-refractivity contribution in [1.29, 1.82) is 0 Å². The van der Waals surface area contributed by atoms with E-state index in [2.05, 4.69) is 20.8 Å². The van der Waals surface area contributed by atoms with Crippen molar-refractivity contribution in [3.05, 3.63) is 11.6 Å². The molecule has 0 aromatic rings. The standard InChI is InChI=1S/C22H34O2/c1-4-14-6-8-19-18-7-5-15-11-17(24)12-16(13-23)22(15,3)20(18)9-10-21(14,19)2/h11,14,16,18-20,23H,4-10,12-13H2,1-3H3/t14-,16?,18-,19-,20-,21+,22+/m0/s1. The van der Waals surface area contributed by atoms with E-state index in [4.69, 9.17) is 0 Å². The summed E-state index contributed by atoms with van der Waals surface area (Å²) in [6, 6.07) is 0. The summed E-state index contributed by atoms with van der Waals surface area (Å²) < 4.78 is 0. The Balaban J connectivity index is 1.70. The number of hydrogen-bond acceptors (Lipinski definition) is 2. The van der Waals surface area contributed by atoms with Gasteiger partial charge in [-0.15, -0.1) is 0 Å². The number of carbonyl (C=O) groups is 1. The van der Waals surface area contributed by atoms with E-state index in [1.807, 2.05) is 6.08 Å². The van der Waals surface area contributed by atoms with Crippen molar-refractivity contribution < 1.29 is 9.90 Å². The van der Waals surface area contributed by atoms with Crippen molar-refractivity contribution in [2.24, 2.45) is 40.4 Å². The molecule has 2 nitrogen and oxygen atoms in total. The Labute approximate surface area is 147 Å². The zero-order valence-corrected chi connectivity index (χ0v) is 15.7. The van der Waals surface area contributed by atoms with Gasteiger partial charge in [-0.2, -0.15) is 0 Å². The fraction of sp³-hybridized carbons (Fsp3) is 0.864. The number of ketones is 1. The molecule has 0 aromatic carbocycles. The highest BCUT2D eigenvalue weighted by Gasteiger charge is 2.60. The third kappa shape index (κ3) is 2.08. The highest BCUT2D eigenvalue weighted by Crippen LogP contribution is 2.67. The highest BCUT2D eigenvalue weighted by molar-refractivity contribution is 5.92. The van der Waals surface area contributed by atoms with Gasteiger partial charge in [0.05, 0.1) is 0 Å². The SMILES string of the molecule is CC[C@H]1CC[C@H]2[C@@H]3CCC4=CC(=O)CC(CO)[C@]4(C)[C@H]3CC[C@]12C. The van der Waals surface area contributed by atoms with Crippen molar-refractivity contribution in [3.8, 4) is 0 Å². The lowest BCUT2D eigenvalue weighted by Crippen LogP contribution is -2.54. The Morgan fingerprint density at radius 2 is 1.92 bits per heavy atom. The second kappa shape index (κ2) is 5.69. The van der Waals surface area contributed by atoms with Crippen LogP contribution in [0.5, 0.6) is 0 Å². The minimum absolute atomic E-state index is 0.0667. The predicted molar refractivity (Wildman–Crippen MR) is 96.4 cm³/mol. The van der Waals surface area contributed by atoms with Gasteiger partial charge < -0.3 is 5.11 Å². The molecule has 1 unspecified atom stereocenters. The maximum Gasteiger partial charge on any atom is 0.156 e. The third-order valence-corrected chi connectivity index (χ3v) is 9.19. The van der Waals surface area contributed by atoms with Gasteiger partial charge >= 0.3 is 0 Å². The van der Waals surface area contributed by atoms with Crippen LogP contribution in [0.3, 0.4) is 0 Å². The molecule has 0 spiro atoms. The van der Waals surface area contributed by atoms with Crippen LogP contribution in [-0.2, 0) is 4.79 Å². The van der Waals surface area contributed by atoms with Gasteiger partial charge in [-0.3, -0.25) is 4.79 Å². The molecule has 1 N–H and O–H groups in total. The van der Waals surface area contributed by atoms with Crippen LogP contribution in [0.15, 0.2) is 11.6 Å². The zero-order valence-electron chi connectivity index (χ0n) is 15.7. The molecule has 0 amide bonds. The van der Waals surface area contributed by atoms with Crippen LogP contribution >= 0.6 is 0 Å². The summed E-state index contributed by atoms with van der Waals surface area (Å²) in [5, 5.41) is 10.0. The van der Waals surface area contributed by atoms with Crippen LogP contribution < -0.4 is 0 Å². The maximum absolute atomic E-state index is 12.1. The van der Waals surface area contributed by atoms with Crippen LogP contribution in [0, 0.1) is 40.4 Å². The first-order valence-corrected chi connectivity index (χ1v) is 10.3. The summed E-state index contributed by atoms with van der Waals surface area (Å²) in [7, 11) is 0. The number of rotatable bonds is 2. The molecule has 0 radical (unpaired) electrons. The van der Waals surface area contributed by atoms with Gasteiger partial charge in [0.2, 0.25) is 0 Å². The summed E-state index contributed by atoms with van der Waals surface area (Å²) in [5.41, 5.74) is 1.98. The number of aliphatic hydroxyl groups excluding tert-OH is 1. The summed E-state index contributed by atoms with van der Waals surface area (Å²) in [5.74, 6) is 3.66. The number of aliphatic hydroxyl groups is 1. The van der Waals surface area contributed by atoms with Crippen molar-refractivity contribution in [2.45, 2.75) is 72.1 Å². The van der Waals surface area contributed by atoms with E-state index < -0.39 is 0 Å². The predicted octanol–water partition coefficient (Wildman–Crippen LogP) is 4.76. The average Bonchev–Trinajstić information content (AvgIpc) is 2.91. The molecule has 4 aliphatic rings. The molecular formula is C22H34O2. The monoisotopic (exact) mass is 330 g/mol. The van der Waals surface area contributed by atoms with E-state index in [1.165, 1.54) is 44.1 Å². The molecule has 4 aliphatic carbocycles. The van der Waals surface area contributed by atoms with Crippen LogP contribution in [0.2, 0.25) is 0 Å². The molecule has 3 fully saturated rings. The van der Waals surface area contributed by atoms with Gasteiger partial charge in [-0.25, -0.2) is 0 Å². The third-order valence-electron chi connectivity index (χ3n) is 9.19. The topological polar surface area (TPSA) is 37.3 Å². The minimum atomic E-state index is 0.0667. The molecule has 4 rings (SSSR count). The normalized spacial score (nSPS) is 50.8. The van der Waals surface area contributed by atoms with Crippen LogP contribution in [0.4, 0.5) is 0 Å². The molecular weight excluding hydrogens is 296 g/mol. The number of carbonyl (C=O) groups excluding carboxylic acids is 1. The molecule has 0 heterocycles. The van der Waals surface area contributed by atoms with Gasteiger partial charge in [0.25, 0.3) is 0 Å². The largest absolute Gasteiger partial charge is 0.396 e. The molecule has 0 bridgehead atoms. The average molecular weight is 331 g/mol. The van der Waals surface area contributed by atoms with Gasteiger partial charge in [0.1, 0.15) is 0 Å². The molecule has 7 atom stereocenters. The van der Waals surface area contributed by atoms with Crippen molar-refractivity contribution in [1.82, 2.24) is 0 Å². The zero-order chi connectivity index (χ0) is 17.1. The van der Waals surface area contributed by atoms with Gasteiger partial charge in [0, 0.05) is 13.0 Å². The molecule has 0 saturated heterocycles. The summed E-state index contributed by atoms with van der Waals surface area (Å²) in [6.45, 7) is 7.51. The van der Waals surface area contributed by atoms with E-state index in [0.717, 1.165) is 24.2 Å². The van der Waals surface area contributed by atoms with Crippen LogP contribution in [0.1, 0.15) is 72.1 Å². The summed E-state index contributed by atoms with van der Waals surface area (Å²) in [6.07, 6.45) is 11.7. The Morgan fingerprint density at radius 1 is 1.12 bits per heavy atom. The van der Waals surface area contributed by atoms with Gasteiger partial charge in [-0.05, 0) is 85.0 Å². The second-order valence-corrected chi connectivity index (χ2v) is 9.64. The van der Waals surface area contributed by atoms with E-state index >= 15 is 0 Å². The molecule has 3 saturated carbocycles. The number of hydrogen-bond donors (Lipinski definition) is 1. The van der Waals surface area contributed by atoms with Gasteiger partial charge in [-0.1, -0.05) is 32.8 Å². The Kier molecular flexibility index (Phi) is 3.99. The van der Waals surface area contributed by atoms with Crippen LogP contribution in [-0.4, -0.2) is 17.5 Å². The maximum atomic E-state index is 12.1. The van der Waals surface area contributed by atoms with Crippen molar-refractivity contribution in [3.63, 3.8) is 0 Å². The Bertz CT molecular complexity index is 564. The van der Waals surface area contributed by atoms with E-state index in [0.29, 0.717) is 17.8 Å². The molecule has 2 heteroatoms. The summed E-state index contributed by atoms with van der Waals surface area (Å²) in [4.78, 5) is 12.1. The molecule has 24 heavy (non-hydrogen) atoms. The first-order chi connectivity index (χ1) is 11.4. The smallest absolute Gasteiger partial charge is 0.156 e. The lowest BCUT2D eigenvalue weighted by atomic mass is 9.45. The Hall–Kier alpha value is -0.630. The van der Waals surface area contributed by atoms with Crippen molar-refractivity contribution >= 4 is 5.78 Å². The molecule has 0 aliphatic heterocycles. The number of fused-ring (bicyclic) bond motifs is 5. The summed E-state index contributed by atoms with van der Waals surface area (Å²) >= 11 is 0. The fourth-order valence-corrected chi connectivity index (χ4v) is 7.80. The van der Waals surface area contributed by atoms with E-state index in [-0.39, 0.29) is 23.7 Å². The second-order valence-electron chi connectivity index (χ2n) is 9.64. The van der Waals surface area contributed by atoms with E-state index in [9.17, 15) is 9.90 Å². The fourth-order valence-electron chi connectivity index (χ4n) is 7.80. The highest BCUT2D eigenvalue weighted by atomic mass is 16.3. The van der Waals surface area contributed by atoms with Crippen molar-refractivity contribution in [2.75, 3.05) is 6.61 Å². The lowest BCUT2D eigenvalue weighted by molar-refractivity contribution is -0.122.